The number of hydrogen-bond acceptors (Lipinski definition) is 6. The number of halogens is 3. The van der Waals surface area contributed by atoms with Crippen LogP contribution in [0.3, 0.4) is 0 Å². The van der Waals surface area contributed by atoms with Gasteiger partial charge in [-0.25, -0.2) is 9.97 Å². The summed E-state index contributed by atoms with van der Waals surface area (Å²) in [5.74, 6) is 0.122. The predicted octanol–water partition coefficient (Wildman–Crippen LogP) is 4.46. The van der Waals surface area contributed by atoms with E-state index in [1.807, 2.05) is 6.07 Å². The summed E-state index contributed by atoms with van der Waals surface area (Å²) in [5, 5.41) is 3.00. The SMILES string of the molecule is O=C(c1cnc(NCc2cc(OC(F)(F)F)cc(C3CCC3)c2)nc1)N1CCCCOC1. The summed E-state index contributed by atoms with van der Waals surface area (Å²) in [6.45, 7) is 1.74. The Hall–Kier alpha value is -2.88. The number of anilines is 1. The maximum absolute atomic E-state index is 12.7. The molecule has 1 amide bonds. The second-order valence-electron chi connectivity index (χ2n) is 8.05. The molecule has 7 nitrogen and oxygen atoms in total. The highest BCUT2D eigenvalue weighted by molar-refractivity contribution is 5.93. The van der Waals surface area contributed by atoms with E-state index in [9.17, 15) is 18.0 Å². The first-order chi connectivity index (χ1) is 15.4. The van der Waals surface area contributed by atoms with E-state index in [0.717, 1.165) is 37.7 Å². The smallest absolute Gasteiger partial charge is 0.406 e. The van der Waals surface area contributed by atoms with Crippen LogP contribution in [-0.4, -0.2) is 47.0 Å². The van der Waals surface area contributed by atoms with Gasteiger partial charge in [0.05, 0.1) is 5.56 Å². The van der Waals surface area contributed by atoms with Crippen molar-refractivity contribution in [2.24, 2.45) is 0 Å². The molecule has 0 unspecified atom stereocenters. The van der Waals surface area contributed by atoms with Gasteiger partial charge in [0, 0.05) is 32.1 Å². The number of carbonyl (C=O) groups is 1. The van der Waals surface area contributed by atoms with Crippen LogP contribution in [-0.2, 0) is 11.3 Å². The fourth-order valence-corrected chi connectivity index (χ4v) is 3.76. The van der Waals surface area contributed by atoms with Crippen molar-refractivity contribution in [2.45, 2.75) is 50.9 Å². The number of hydrogen-bond donors (Lipinski definition) is 1. The number of benzene rings is 1. The third-order valence-corrected chi connectivity index (χ3v) is 5.65. The zero-order valence-electron chi connectivity index (χ0n) is 17.5. The summed E-state index contributed by atoms with van der Waals surface area (Å²) in [6.07, 6.45) is 2.92. The molecule has 1 aromatic carbocycles. The Morgan fingerprint density at radius 2 is 1.94 bits per heavy atom. The van der Waals surface area contributed by atoms with E-state index in [-0.39, 0.29) is 36.8 Å². The number of nitrogens with zero attached hydrogens (tertiary/aromatic N) is 3. The molecule has 1 aromatic heterocycles. The molecule has 172 valence electrons. The van der Waals surface area contributed by atoms with Crippen LogP contribution in [0.5, 0.6) is 5.75 Å². The van der Waals surface area contributed by atoms with Crippen molar-refractivity contribution < 1.29 is 27.4 Å². The molecule has 0 atom stereocenters. The van der Waals surface area contributed by atoms with Gasteiger partial charge in [0.2, 0.25) is 5.95 Å². The Labute approximate surface area is 183 Å². The van der Waals surface area contributed by atoms with E-state index in [4.69, 9.17) is 4.74 Å². The number of amides is 1. The van der Waals surface area contributed by atoms with Crippen molar-refractivity contribution in [1.82, 2.24) is 14.9 Å². The Kier molecular flexibility index (Phi) is 6.78. The quantitative estimate of drug-likeness (QED) is 0.700. The largest absolute Gasteiger partial charge is 0.573 e. The van der Waals surface area contributed by atoms with Crippen molar-refractivity contribution in [2.75, 3.05) is 25.2 Å². The summed E-state index contributed by atoms with van der Waals surface area (Å²) < 4.78 is 47.7. The number of nitrogens with one attached hydrogen (secondary N) is 1. The van der Waals surface area contributed by atoms with Gasteiger partial charge in [-0.15, -0.1) is 13.2 Å². The third kappa shape index (κ3) is 5.87. The number of carbonyl (C=O) groups excluding carboxylic acids is 1. The van der Waals surface area contributed by atoms with Crippen molar-refractivity contribution in [3.05, 3.63) is 47.3 Å². The van der Waals surface area contributed by atoms with E-state index in [1.165, 1.54) is 24.5 Å². The highest BCUT2D eigenvalue weighted by Gasteiger charge is 2.32. The molecule has 10 heteroatoms. The molecule has 32 heavy (non-hydrogen) atoms. The lowest BCUT2D eigenvalue weighted by atomic mass is 9.79. The van der Waals surface area contributed by atoms with Crippen molar-refractivity contribution in [3.63, 3.8) is 0 Å². The Morgan fingerprint density at radius 1 is 1.16 bits per heavy atom. The number of rotatable bonds is 6. The predicted molar refractivity (Wildman–Crippen MR) is 110 cm³/mol. The second kappa shape index (κ2) is 9.72. The van der Waals surface area contributed by atoms with Gasteiger partial charge in [-0.05, 0) is 54.9 Å². The van der Waals surface area contributed by atoms with E-state index >= 15 is 0 Å². The molecular formula is C22H25F3N4O3. The van der Waals surface area contributed by atoms with Crippen LogP contribution in [0.15, 0.2) is 30.6 Å². The van der Waals surface area contributed by atoms with E-state index in [1.54, 1.807) is 4.90 Å². The topological polar surface area (TPSA) is 76.6 Å². The monoisotopic (exact) mass is 450 g/mol. The molecule has 2 heterocycles. The molecule has 0 bridgehead atoms. The van der Waals surface area contributed by atoms with Gasteiger partial charge in [-0.1, -0.05) is 12.5 Å². The minimum Gasteiger partial charge on any atom is -0.406 e. The molecule has 1 aliphatic heterocycles. The van der Waals surface area contributed by atoms with Gasteiger partial charge in [0.25, 0.3) is 5.91 Å². The standard InChI is InChI=1S/C22H25F3N4O3/c23-22(24,25)32-19-9-15(8-17(10-19)16-4-3-5-16)11-26-21-27-12-18(13-28-21)20(30)29-6-1-2-7-31-14-29/h8-10,12-13,16H,1-7,11,14H2,(H,26,27,28). The summed E-state index contributed by atoms with van der Waals surface area (Å²) in [6, 6.07) is 4.71. The lowest BCUT2D eigenvalue weighted by molar-refractivity contribution is -0.274. The molecule has 2 aliphatic rings. The molecule has 0 radical (unpaired) electrons. The zero-order valence-corrected chi connectivity index (χ0v) is 17.5. The summed E-state index contributed by atoms with van der Waals surface area (Å²) in [4.78, 5) is 22.5. The Balaban J connectivity index is 1.41. The normalized spacial score (nSPS) is 17.4. The van der Waals surface area contributed by atoms with Gasteiger partial charge >= 0.3 is 6.36 Å². The average molecular weight is 450 g/mol. The van der Waals surface area contributed by atoms with Crippen molar-refractivity contribution >= 4 is 11.9 Å². The first kappa shape index (κ1) is 22.3. The maximum atomic E-state index is 12.7. The summed E-state index contributed by atoms with van der Waals surface area (Å²) >= 11 is 0. The first-order valence-electron chi connectivity index (χ1n) is 10.7. The van der Waals surface area contributed by atoms with Gasteiger partial charge in [-0.3, -0.25) is 4.79 Å². The Morgan fingerprint density at radius 3 is 2.62 bits per heavy atom. The average Bonchev–Trinajstić information content (AvgIpc) is 2.99. The van der Waals surface area contributed by atoms with Gasteiger partial charge in [0.1, 0.15) is 12.5 Å². The molecule has 4 rings (SSSR count). The highest BCUT2D eigenvalue weighted by atomic mass is 19.4. The van der Waals surface area contributed by atoms with E-state index in [2.05, 4.69) is 20.0 Å². The second-order valence-corrected chi connectivity index (χ2v) is 8.05. The molecule has 0 spiro atoms. The number of ether oxygens (including phenoxy) is 2. The molecule has 1 aliphatic carbocycles. The van der Waals surface area contributed by atoms with Crippen LogP contribution in [0.25, 0.3) is 0 Å². The lowest BCUT2D eigenvalue weighted by Crippen LogP contribution is -2.32. The van der Waals surface area contributed by atoms with Crippen LogP contribution >= 0.6 is 0 Å². The van der Waals surface area contributed by atoms with Crippen molar-refractivity contribution in [1.29, 1.82) is 0 Å². The van der Waals surface area contributed by atoms with Crippen LogP contribution < -0.4 is 10.1 Å². The van der Waals surface area contributed by atoms with Gasteiger partial charge in [0.15, 0.2) is 0 Å². The fraction of sp³-hybridized carbons (Fsp3) is 0.500. The Bertz CT molecular complexity index is 925. The van der Waals surface area contributed by atoms with Crippen LogP contribution in [0.2, 0.25) is 0 Å². The van der Waals surface area contributed by atoms with E-state index < -0.39 is 6.36 Å². The summed E-state index contributed by atoms with van der Waals surface area (Å²) in [5.41, 5.74) is 1.84. The molecular weight excluding hydrogens is 425 g/mol. The van der Waals surface area contributed by atoms with Crippen LogP contribution in [0.1, 0.15) is 59.5 Å². The van der Waals surface area contributed by atoms with Crippen molar-refractivity contribution in [3.8, 4) is 5.75 Å². The minimum atomic E-state index is -4.74. The molecule has 2 aromatic rings. The molecule has 2 fully saturated rings. The van der Waals surface area contributed by atoms with Crippen LogP contribution in [0.4, 0.5) is 19.1 Å². The molecule has 1 saturated heterocycles. The fourth-order valence-electron chi connectivity index (χ4n) is 3.76. The zero-order chi connectivity index (χ0) is 22.6. The van der Waals surface area contributed by atoms with Crippen LogP contribution in [0, 0.1) is 0 Å². The highest BCUT2D eigenvalue weighted by Crippen LogP contribution is 2.39. The maximum Gasteiger partial charge on any atom is 0.573 e. The summed E-state index contributed by atoms with van der Waals surface area (Å²) in [7, 11) is 0. The lowest BCUT2D eigenvalue weighted by Gasteiger charge is -2.27. The molecule has 1 N–H and O–H groups in total. The minimum absolute atomic E-state index is 0.194. The van der Waals surface area contributed by atoms with E-state index in [0.29, 0.717) is 24.3 Å². The van der Waals surface area contributed by atoms with Gasteiger partial charge < -0.3 is 19.7 Å². The third-order valence-electron chi connectivity index (χ3n) is 5.65. The number of alkyl halides is 3. The number of aromatic nitrogens is 2. The van der Waals surface area contributed by atoms with Gasteiger partial charge in [-0.2, -0.15) is 0 Å². The molecule has 1 saturated carbocycles. The first-order valence-corrected chi connectivity index (χ1v) is 10.7.